The standard InChI is InChI=1S/C20H30O2/c1-3-20(22)11-9-18-17-6-4-13-12-14(21)5-7-15(13)16(17)8-10-19(18,20)2/h12,15-18,22H,3-11H2,1-2H3/t15?,16?,17?,18?,19-,20-/m0/s1. The normalized spacial score (nSPS) is 50.9. The molecule has 6 atom stereocenters. The highest BCUT2D eigenvalue weighted by Gasteiger charge is 2.61. The van der Waals surface area contributed by atoms with Crippen molar-refractivity contribution in [3.05, 3.63) is 11.6 Å². The van der Waals surface area contributed by atoms with Crippen molar-refractivity contribution in [2.24, 2.45) is 29.1 Å². The van der Waals surface area contributed by atoms with Crippen LogP contribution < -0.4 is 0 Å². The molecule has 0 aliphatic heterocycles. The first kappa shape index (κ1) is 14.9. The average molecular weight is 302 g/mol. The molecule has 0 radical (unpaired) electrons. The van der Waals surface area contributed by atoms with E-state index in [2.05, 4.69) is 13.8 Å². The Morgan fingerprint density at radius 1 is 1.14 bits per heavy atom. The van der Waals surface area contributed by atoms with Gasteiger partial charge in [-0.15, -0.1) is 0 Å². The van der Waals surface area contributed by atoms with Crippen LogP contribution in [-0.2, 0) is 4.79 Å². The molecule has 122 valence electrons. The van der Waals surface area contributed by atoms with E-state index < -0.39 is 5.60 Å². The van der Waals surface area contributed by atoms with Gasteiger partial charge in [-0.3, -0.25) is 4.79 Å². The lowest BCUT2D eigenvalue weighted by Crippen LogP contribution is -2.52. The Morgan fingerprint density at radius 3 is 2.73 bits per heavy atom. The van der Waals surface area contributed by atoms with Crippen LogP contribution >= 0.6 is 0 Å². The van der Waals surface area contributed by atoms with E-state index in [1.165, 1.54) is 31.3 Å². The van der Waals surface area contributed by atoms with Gasteiger partial charge in [0.2, 0.25) is 0 Å². The van der Waals surface area contributed by atoms with Gasteiger partial charge in [-0.1, -0.05) is 19.4 Å². The van der Waals surface area contributed by atoms with Gasteiger partial charge in [-0.25, -0.2) is 0 Å². The number of hydrogen-bond acceptors (Lipinski definition) is 2. The van der Waals surface area contributed by atoms with E-state index in [1.54, 1.807) is 0 Å². The number of rotatable bonds is 1. The van der Waals surface area contributed by atoms with Gasteiger partial charge in [-0.05, 0) is 86.5 Å². The first-order chi connectivity index (χ1) is 10.5. The Bertz CT molecular complexity index is 522. The second-order valence-corrected chi connectivity index (χ2v) is 8.68. The number of fused-ring (bicyclic) bond motifs is 5. The monoisotopic (exact) mass is 302 g/mol. The quantitative estimate of drug-likeness (QED) is 0.785. The smallest absolute Gasteiger partial charge is 0.155 e. The predicted molar refractivity (Wildman–Crippen MR) is 87.3 cm³/mol. The molecule has 3 fully saturated rings. The molecule has 4 aliphatic rings. The van der Waals surface area contributed by atoms with Crippen molar-refractivity contribution < 1.29 is 9.90 Å². The molecule has 2 heteroatoms. The maximum Gasteiger partial charge on any atom is 0.155 e. The number of allylic oxidation sites excluding steroid dienone is 1. The largest absolute Gasteiger partial charge is 0.389 e. The molecule has 0 saturated heterocycles. The molecule has 4 unspecified atom stereocenters. The summed E-state index contributed by atoms with van der Waals surface area (Å²) in [6.07, 6.45) is 11.8. The molecule has 0 spiro atoms. The highest BCUT2D eigenvalue weighted by atomic mass is 16.3. The molecule has 0 heterocycles. The van der Waals surface area contributed by atoms with Gasteiger partial charge in [0.25, 0.3) is 0 Å². The molecule has 0 aromatic carbocycles. The van der Waals surface area contributed by atoms with E-state index in [9.17, 15) is 9.90 Å². The Labute approximate surface area is 134 Å². The maximum atomic E-state index is 11.7. The maximum absolute atomic E-state index is 11.7. The van der Waals surface area contributed by atoms with E-state index in [4.69, 9.17) is 0 Å². The van der Waals surface area contributed by atoms with Crippen molar-refractivity contribution in [3.63, 3.8) is 0 Å². The van der Waals surface area contributed by atoms with Gasteiger partial charge < -0.3 is 5.11 Å². The van der Waals surface area contributed by atoms with Crippen LogP contribution in [0.4, 0.5) is 0 Å². The lowest BCUT2D eigenvalue weighted by molar-refractivity contribution is -0.122. The van der Waals surface area contributed by atoms with Crippen LogP contribution in [0.5, 0.6) is 0 Å². The molecule has 1 N–H and O–H groups in total. The lowest BCUT2D eigenvalue weighted by Gasteiger charge is -2.55. The van der Waals surface area contributed by atoms with Gasteiger partial charge in [0.15, 0.2) is 5.78 Å². The number of aliphatic hydroxyl groups is 1. The van der Waals surface area contributed by atoms with Crippen molar-refractivity contribution in [1.82, 2.24) is 0 Å². The zero-order chi connectivity index (χ0) is 15.5. The molecule has 0 bridgehead atoms. The van der Waals surface area contributed by atoms with Crippen molar-refractivity contribution in [3.8, 4) is 0 Å². The molecule has 4 rings (SSSR count). The minimum atomic E-state index is -0.429. The van der Waals surface area contributed by atoms with Crippen molar-refractivity contribution in [2.45, 2.75) is 77.2 Å². The third-order valence-electron chi connectivity index (χ3n) is 8.21. The molecule has 2 nitrogen and oxygen atoms in total. The minimum Gasteiger partial charge on any atom is -0.389 e. The van der Waals surface area contributed by atoms with E-state index in [-0.39, 0.29) is 5.41 Å². The highest BCUT2D eigenvalue weighted by Crippen LogP contribution is 2.65. The van der Waals surface area contributed by atoms with E-state index in [0.29, 0.717) is 17.6 Å². The summed E-state index contributed by atoms with van der Waals surface area (Å²) in [7, 11) is 0. The van der Waals surface area contributed by atoms with Crippen LogP contribution in [0.3, 0.4) is 0 Å². The third-order valence-corrected chi connectivity index (χ3v) is 8.21. The highest BCUT2D eigenvalue weighted by molar-refractivity contribution is 5.91. The number of carbonyl (C=O) groups is 1. The van der Waals surface area contributed by atoms with Crippen LogP contribution in [0.25, 0.3) is 0 Å². The van der Waals surface area contributed by atoms with Crippen molar-refractivity contribution >= 4 is 5.78 Å². The Hall–Kier alpha value is -0.630. The van der Waals surface area contributed by atoms with E-state index >= 15 is 0 Å². The summed E-state index contributed by atoms with van der Waals surface area (Å²) < 4.78 is 0. The Balaban J connectivity index is 1.63. The van der Waals surface area contributed by atoms with E-state index in [1.807, 2.05) is 6.08 Å². The molecule has 0 aromatic rings. The van der Waals surface area contributed by atoms with Gasteiger partial charge in [0.05, 0.1) is 5.60 Å². The topological polar surface area (TPSA) is 37.3 Å². The van der Waals surface area contributed by atoms with Crippen molar-refractivity contribution in [2.75, 3.05) is 0 Å². The summed E-state index contributed by atoms with van der Waals surface area (Å²) >= 11 is 0. The van der Waals surface area contributed by atoms with Gasteiger partial charge >= 0.3 is 0 Å². The lowest BCUT2D eigenvalue weighted by atomic mass is 9.50. The number of ketones is 1. The first-order valence-corrected chi connectivity index (χ1v) is 9.44. The predicted octanol–water partition coefficient (Wildman–Crippen LogP) is 4.27. The molecular weight excluding hydrogens is 272 g/mol. The Kier molecular flexibility index (Phi) is 3.35. The first-order valence-electron chi connectivity index (χ1n) is 9.44. The van der Waals surface area contributed by atoms with Gasteiger partial charge in [0.1, 0.15) is 0 Å². The van der Waals surface area contributed by atoms with Crippen LogP contribution in [0.1, 0.15) is 71.6 Å². The summed E-state index contributed by atoms with van der Waals surface area (Å²) in [6.45, 7) is 4.54. The summed E-state index contributed by atoms with van der Waals surface area (Å²) in [4.78, 5) is 11.7. The zero-order valence-corrected chi connectivity index (χ0v) is 14.1. The van der Waals surface area contributed by atoms with Crippen LogP contribution in [0.15, 0.2) is 11.6 Å². The number of hydrogen-bond donors (Lipinski definition) is 1. The number of carbonyl (C=O) groups excluding carboxylic acids is 1. The molecular formula is C20H30O2. The minimum absolute atomic E-state index is 0.134. The fourth-order valence-corrected chi connectivity index (χ4v) is 6.87. The van der Waals surface area contributed by atoms with Crippen LogP contribution in [0, 0.1) is 29.1 Å². The molecule has 3 saturated carbocycles. The van der Waals surface area contributed by atoms with Crippen LogP contribution in [0.2, 0.25) is 0 Å². The summed E-state index contributed by atoms with van der Waals surface area (Å²) in [5, 5.41) is 11.2. The summed E-state index contributed by atoms with van der Waals surface area (Å²) in [5.41, 5.74) is 1.17. The molecule has 4 aliphatic carbocycles. The molecule has 0 aromatic heterocycles. The fraction of sp³-hybridized carbons (Fsp3) is 0.850. The molecule has 22 heavy (non-hydrogen) atoms. The fourth-order valence-electron chi connectivity index (χ4n) is 6.87. The third kappa shape index (κ3) is 1.85. The van der Waals surface area contributed by atoms with Gasteiger partial charge in [0, 0.05) is 6.42 Å². The Morgan fingerprint density at radius 2 is 1.95 bits per heavy atom. The summed E-state index contributed by atoms with van der Waals surface area (Å²) in [5.74, 6) is 3.30. The molecule has 0 amide bonds. The van der Waals surface area contributed by atoms with Crippen LogP contribution in [-0.4, -0.2) is 16.5 Å². The van der Waals surface area contributed by atoms with E-state index in [0.717, 1.165) is 43.9 Å². The second-order valence-electron chi connectivity index (χ2n) is 8.68. The SMILES string of the molecule is CC[C@]1(O)CCC2C3CCC4=CC(=O)CCC4C3CC[C@@]21C. The average Bonchev–Trinajstić information content (AvgIpc) is 2.79. The second kappa shape index (κ2) is 4.93. The zero-order valence-electron chi connectivity index (χ0n) is 14.1. The van der Waals surface area contributed by atoms with Crippen molar-refractivity contribution in [1.29, 1.82) is 0 Å². The summed E-state index contributed by atoms with van der Waals surface area (Å²) in [6, 6.07) is 0. The van der Waals surface area contributed by atoms with Gasteiger partial charge in [-0.2, -0.15) is 0 Å².